The fraction of sp³-hybridized carbons (Fsp3) is 0.333. The minimum absolute atomic E-state index is 0. The lowest BCUT2D eigenvalue weighted by Crippen LogP contribution is -2.37. The summed E-state index contributed by atoms with van der Waals surface area (Å²) in [6, 6.07) is 14.4. The Kier molecular flexibility index (Phi) is 11.0. The number of nitrogens with one attached hydrogen (secondary N) is 2. The first-order valence-electron chi connectivity index (χ1n) is 10.5. The SMILES string of the molecule is CCNC(=NCc1ccc(C)cc1OCCOC)NCc1ccccc1-n1ccnc1.I. The number of aryl methyl sites for hydroxylation is 1. The Labute approximate surface area is 207 Å². The second-order valence-corrected chi connectivity index (χ2v) is 7.10. The molecule has 0 bridgehead atoms. The van der Waals surface area contributed by atoms with E-state index in [-0.39, 0.29) is 24.0 Å². The van der Waals surface area contributed by atoms with E-state index < -0.39 is 0 Å². The molecular weight excluding hydrogens is 517 g/mol. The lowest BCUT2D eigenvalue weighted by molar-refractivity contribution is 0.145. The van der Waals surface area contributed by atoms with Crippen LogP contribution < -0.4 is 15.4 Å². The van der Waals surface area contributed by atoms with E-state index in [1.165, 1.54) is 0 Å². The number of ether oxygens (including phenoxy) is 2. The van der Waals surface area contributed by atoms with Gasteiger partial charge in [0, 0.05) is 38.2 Å². The van der Waals surface area contributed by atoms with Crippen LogP contribution in [0.1, 0.15) is 23.6 Å². The molecule has 0 fully saturated rings. The molecule has 1 heterocycles. The van der Waals surface area contributed by atoms with Crippen molar-refractivity contribution in [2.45, 2.75) is 26.9 Å². The van der Waals surface area contributed by atoms with Crippen LogP contribution in [0.15, 0.2) is 66.2 Å². The number of benzene rings is 2. The number of guanidine groups is 1. The number of hydrogen-bond acceptors (Lipinski definition) is 4. The van der Waals surface area contributed by atoms with Gasteiger partial charge in [0.05, 0.1) is 25.2 Å². The number of aliphatic imine (C=N–C) groups is 1. The normalized spacial score (nSPS) is 11.0. The average molecular weight is 549 g/mol. The Hall–Kier alpha value is -2.59. The van der Waals surface area contributed by atoms with Crippen LogP contribution in [-0.2, 0) is 17.8 Å². The largest absolute Gasteiger partial charge is 0.491 e. The first-order valence-corrected chi connectivity index (χ1v) is 10.5. The van der Waals surface area contributed by atoms with E-state index >= 15 is 0 Å². The van der Waals surface area contributed by atoms with E-state index in [9.17, 15) is 0 Å². The number of aromatic nitrogens is 2. The van der Waals surface area contributed by atoms with E-state index in [0.717, 1.165) is 40.6 Å². The topological polar surface area (TPSA) is 72.7 Å². The molecule has 2 N–H and O–H groups in total. The average Bonchev–Trinajstić information content (AvgIpc) is 3.32. The summed E-state index contributed by atoms with van der Waals surface area (Å²) in [5.41, 5.74) is 4.44. The maximum absolute atomic E-state index is 5.89. The molecule has 0 aliphatic heterocycles. The van der Waals surface area contributed by atoms with Crippen LogP contribution in [-0.4, -0.2) is 42.4 Å². The third-order valence-corrected chi connectivity index (χ3v) is 4.74. The van der Waals surface area contributed by atoms with Crippen molar-refractivity contribution in [2.75, 3.05) is 26.9 Å². The van der Waals surface area contributed by atoms with Gasteiger partial charge in [-0.1, -0.05) is 30.3 Å². The lowest BCUT2D eigenvalue weighted by atomic mass is 10.1. The summed E-state index contributed by atoms with van der Waals surface area (Å²) < 4.78 is 13.0. The highest BCUT2D eigenvalue weighted by Crippen LogP contribution is 2.21. The molecule has 32 heavy (non-hydrogen) atoms. The van der Waals surface area contributed by atoms with E-state index in [1.54, 1.807) is 19.6 Å². The molecule has 0 aliphatic carbocycles. The highest BCUT2D eigenvalue weighted by atomic mass is 127. The van der Waals surface area contributed by atoms with Crippen molar-refractivity contribution >= 4 is 29.9 Å². The number of methoxy groups -OCH3 is 1. The highest BCUT2D eigenvalue weighted by molar-refractivity contribution is 14.0. The van der Waals surface area contributed by atoms with Gasteiger partial charge in [0.25, 0.3) is 0 Å². The van der Waals surface area contributed by atoms with Crippen molar-refractivity contribution in [1.82, 2.24) is 20.2 Å². The Morgan fingerprint density at radius 2 is 1.94 bits per heavy atom. The zero-order valence-corrected chi connectivity index (χ0v) is 21.2. The van der Waals surface area contributed by atoms with Crippen LogP contribution in [0.25, 0.3) is 5.69 Å². The minimum atomic E-state index is 0. The zero-order chi connectivity index (χ0) is 21.9. The van der Waals surface area contributed by atoms with Gasteiger partial charge in [-0.25, -0.2) is 9.98 Å². The van der Waals surface area contributed by atoms with Gasteiger partial charge in [-0.05, 0) is 37.1 Å². The molecule has 7 nitrogen and oxygen atoms in total. The second kappa shape index (κ2) is 13.7. The molecule has 1 aromatic heterocycles. The first-order chi connectivity index (χ1) is 15.2. The predicted molar refractivity (Wildman–Crippen MR) is 139 cm³/mol. The Bertz CT molecular complexity index is 976. The van der Waals surface area contributed by atoms with Gasteiger partial charge < -0.3 is 24.7 Å². The molecule has 0 unspecified atom stereocenters. The molecule has 172 valence electrons. The van der Waals surface area contributed by atoms with Gasteiger partial charge in [-0.15, -0.1) is 24.0 Å². The van der Waals surface area contributed by atoms with Crippen LogP contribution in [0.3, 0.4) is 0 Å². The molecule has 0 radical (unpaired) electrons. The zero-order valence-electron chi connectivity index (χ0n) is 18.9. The smallest absolute Gasteiger partial charge is 0.191 e. The summed E-state index contributed by atoms with van der Waals surface area (Å²) in [6.07, 6.45) is 5.53. The van der Waals surface area contributed by atoms with Gasteiger partial charge in [-0.3, -0.25) is 0 Å². The van der Waals surface area contributed by atoms with Gasteiger partial charge in [0.2, 0.25) is 0 Å². The third-order valence-electron chi connectivity index (χ3n) is 4.74. The second-order valence-electron chi connectivity index (χ2n) is 7.10. The molecule has 0 amide bonds. The lowest BCUT2D eigenvalue weighted by Gasteiger charge is -2.15. The third kappa shape index (κ3) is 7.52. The minimum Gasteiger partial charge on any atom is -0.491 e. The maximum Gasteiger partial charge on any atom is 0.191 e. The summed E-state index contributed by atoms with van der Waals surface area (Å²) in [6.45, 7) is 7.12. The molecule has 0 spiro atoms. The summed E-state index contributed by atoms with van der Waals surface area (Å²) in [5.74, 6) is 1.61. The van der Waals surface area contributed by atoms with Crippen molar-refractivity contribution < 1.29 is 9.47 Å². The number of imidazole rings is 1. The van der Waals surface area contributed by atoms with Crippen LogP contribution in [0, 0.1) is 6.92 Å². The van der Waals surface area contributed by atoms with Crippen LogP contribution in [0.5, 0.6) is 5.75 Å². The van der Waals surface area contributed by atoms with Crippen LogP contribution in [0.4, 0.5) is 0 Å². The Balaban J connectivity index is 0.00000363. The van der Waals surface area contributed by atoms with Crippen molar-refractivity contribution in [3.05, 3.63) is 77.9 Å². The fourth-order valence-corrected chi connectivity index (χ4v) is 3.16. The van der Waals surface area contributed by atoms with Gasteiger partial charge in [0.15, 0.2) is 5.96 Å². The van der Waals surface area contributed by atoms with Crippen molar-refractivity contribution in [3.8, 4) is 11.4 Å². The monoisotopic (exact) mass is 549 g/mol. The predicted octanol–water partition coefficient (Wildman–Crippen LogP) is 4.08. The van der Waals surface area contributed by atoms with Crippen molar-refractivity contribution in [2.24, 2.45) is 4.99 Å². The van der Waals surface area contributed by atoms with Crippen LogP contribution >= 0.6 is 24.0 Å². The molecule has 0 saturated carbocycles. The number of halogens is 1. The number of nitrogens with zero attached hydrogens (tertiary/aromatic N) is 3. The van der Waals surface area contributed by atoms with E-state index in [1.807, 2.05) is 29.0 Å². The number of para-hydroxylation sites is 1. The molecular formula is C24H32IN5O2. The molecule has 2 aromatic carbocycles. The summed E-state index contributed by atoms with van der Waals surface area (Å²) >= 11 is 0. The van der Waals surface area contributed by atoms with Gasteiger partial charge in [0.1, 0.15) is 12.4 Å². The molecule has 0 aliphatic rings. The van der Waals surface area contributed by atoms with E-state index in [0.29, 0.717) is 26.3 Å². The maximum atomic E-state index is 5.89. The van der Waals surface area contributed by atoms with E-state index in [2.05, 4.69) is 53.7 Å². The summed E-state index contributed by atoms with van der Waals surface area (Å²) in [7, 11) is 1.67. The molecule has 3 rings (SSSR count). The van der Waals surface area contributed by atoms with Crippen LogP contribution in [0.2, 0.25) is 0 Å². The molecule has 8 heteroatoms. The first kappa shape index (κ1) is 25.7. The molecule has 0 saturated heterocycles. The summed E-state index contributed by atoms with van der Waals surface area (Å²) in [5, 5.41) is 6.76. The molecule has 3 aromatic rings. The highest BCUT2D eigenvalue weighted by Gasteiger charge is 2.07. The van der Waals surface area contributed by atoms with Gasteiger partial charge in [-0.2, -0.15) is 0 Å². The van der Waals surface area contributed by atoms with E-state index in [4.69, 9.17) is 14.5 Å². The van der Waals surface area contributed by atoms with Crippen molar-refractivity contribution in [3.63, 3.8) is 0 Å². The quantitative estimate of drug-likeness (QED) is 0.173. The standard InChI is InChI=1S/C24H31N5O2.HI/c1-4-26-24(27-16-20-7-5-6-8-22(20)29-12-11-25-18-29)28-17-21-10-9-19(2)15-23(21)31-14-13-30-3;/h5-12,15,18H,4,13-14,16-17H2,1-3H3,(H2,26,27,28);1H. The van der Waals surface area contributed by atoms with Gasteiger partial charge >= 0.3 is 0 Å². The Morgan fingerprint density at radius 1 is 1.09 bits per heavy atom. The number of rotatable bonds is 10. The Morgan fingerprint density at radius 3 is 2.69 bits per heavy atom. The summed E-state index contributed by atoms with van der Waals surface area (Å²) in [4.78, 5) is 8.93. The van der Waals surface area contributed by atoms with Crippen molar-refractivity contribution in [1.29, 1.82) is 0 Å². The fourth-order valence-electron chi connectivity index (χ4n) is 3.16. The number of hydrogen-bond donors (Lipinski definition) is 2. The molecule has 0 atom stereocenters.